The van der Waals surface area contributed by atoms with Crippen LogP contribution < -0.4 is 0 Å². The van der Waals surface area contributed by atoms with E-state index in [1.165, 1.54) is 4.31 Å². The Bertz CT molecular complexity index is 714. The monoisotopic (exact) mass is 336 g/mol. The molecule has 1 aliphatic heterocycles. The minimum atomic E-state index is -4.82. The Morgan fingerprint density at radius 1 is 1.10 bits per heavy atom. The maximum Gasteiger partial charge on any atom is 0.332 e. The summed E-state index contributed by atoms with van der Waals surface area (Å²) in [6.45, 7) is 0.798. The van der Waals surface area contributed by atoms with Gasteiger partial charge < -0.3 is 4.90 Å². The Hall–Kier alpha value is -1.03. The zero-order valence-corrected chi connectivity index (χ0v) is 13.4. The largest absolute Gasteiger partial charge is 0.332 e. The van der Waals surface area contributed by atoms with Crippen molar-refractivity contribution in [2.24, 2.45) is 0 Å². The Balaban J connectivity index is 2.25. The van der Waals surface area contributed by atoms with Crippen LogP contribution in [0.3, 0.4) is 0 Å². The minimum Gasteiger partial charge on any atom is -0.305 e. The molecule has 0 spiro atoms. The third-order valence-corrected chi connectivity index (χ3v) is 6.31. The lowest BCUT2D eigenvalue weighted by Crippen LogP contribution is -2.34. The molecule has 118 valence electrons. The number of hydrogen-bond donors (Lipinski definition) is 0. The number of sulfonamides is 1. The van der Waals surface area contributed by atoms with Crippen LogP contribution in [-0.2, 0) is 20.2 Å². The van der Waals surface area contributed by atoms with Crippen LogP contribution in [0.5, 0.6) is 0 Å². The molecule has 21 heavy (non-hydrogen) atoms. The summed E-state index contributed by atoms with van der Waals surface area (Å²) >= 11 is 0. The van der Waals surface area contributed by atoms with Crippen molar-refractivity contribution in [3.05, 3.63) is 24.3 Å². The van der Waals surface area contributed by atoms with E-state index in [2.05, 4.69) is 0 Å². The average molecular weight is 336 g/mol. The van der Waals surface area contributed by atoms with Gasteiger partial charge in [0.25, 0.3) is 0 Å². The van der Waals surface area contributed by atoms with Gasteiger partial charge in [0, 0.05) is 19.1 Å². The first-order chi connectivity index (χ1) is 9.62. The van der Waals surface area contributed by atoms with Gasteiger partial charge in [-0.15, -0.1) is 3.89 Å². The summed E-state index contributed by atoms with van der Waals surface area (Å²) in [5.74, 6) is 0. The average Bonchev–Trinajstić information content (AvgIpc) is 2.88. The third-order valence-electron chi connectivity index (χ3n) is 3.60. The maximum atomic E-state index is 12.8. The van der Waals surface area contributed by atoms with Crippen molar-refractivity contribution >= 4 is 20.2 Å². The Morgan fingerprint density at radius 3 is 2.05 bits per heavy atom. The second-order valence-electron chi connectivity index (χ2n) is 5.18. The Kier molecular flexibility index (Phi) is 4.39. The second-order valence-corrected chi connectivity index (χ2v) is 8.46. The molecule has 1 aromatic rings. The smallest absolute Gasteiger partial charge is 0.305 e. The summed E-state index contributed by atoms with van der Waals surface area (Å²) in [5.41, 5.74) is 0. The van der Waals surface area contributed by atoms with E-state index >= 15 is 0 Å². The van der Waals surface area contributed by atoms with E-state index < -0.39 is 25.1 Å². The van der Waals surface area contributed by atoms with Gasteiger partial charge in [-0.25, -0.2) is 8.42 Å². The van der Waals surface area contributed by atoms with Gasteiger partial charge in [0.1, 0.15) is 0 Å². The van der Waals surface area contributed by atoms with Gasteiger partial charge in [0.05, 0.1) is 9.79 Å². The fourth-order valence-corrected chi connectivity index (χ4v) is 4.23. The Labute approximate surface area is 124 Å². The van der Waals surface area contributed by atoms with Gasteiger partial charge >= 0.3 is 10.2 Å². The highest BCUT2D eigenvalue weighted by atomic mass is 32.3. The normalized spacial score (nSPS) is 21.0. The number of rotatable bonds is 4. The summed E-state index contributed by atoms with van der Waals surface area (Å²) in [6.07, 6.45) is 0.739. The topological polar surface area (TPSA) is 74.8 Å². The summed E-state index contributed by atoms with van der Waals surface area (Å²) < 4.78 is 60.5. The first-order valence-electron chi connectivity index (χ1n) is 6.33. The Morgan fingerprint density at radius 2 is 1.62 bits per heavy atom. The van der Waals surface area contributed by atoms with Crippen molar-refractivity contribution in [3.63, 3.8) is 0 Å². The van der Waals surface area contributed by atoms with E-state index in [1.807, 2.05) is 19.0 Å². The van der Waals surface area contributed by atoms with Crippen LogP contribution >= 0.6 is 0 Å². The predicted molar refractivity (Wildman–Crippen MR) is 75.6 cm³/mol. The molecule has 9 heteroatoms. The van der Waals surface area contributed by atoms with Gasteiger partial charge in [-0.05, 0) is 44.8 Å². The quantitative estimate of drug-likeness (QED) is 0.756. The maximum absolute atomic E-state index is 12.8. The molecule has 6 nitrogen and oxygen atoms in total. The standard InChI is InChI=1S/C12H17FN2O4S2/c1-14(2)10-7-8-15(9-10)21(18,19)12-5-3-11(4-6-12)20(13,16)17/h3-6,10H,7-9H2,1-2H3. The number of halogens is 1. The van der Waals surface area contributed by atoms with Crippen molar-refractivity contribution in [1.29, 1.82) is 0 Å². The molecule has 0 bridgehead atoms. The molecule has 0 saturated carbocycles. The molecule has 2 rings (SSSR count). The van der Waals surface area contributed by atoms with E-state index in [-0.39, 0.29) is 10.9 Å². The molecule has 1 atom stereocenters. The van der Waals surface area contributed by atoms with Gasteiger partial charge in [-0.2, -0.15) is 12.7 Å². The summed E-state index contributed by atoms with van der Waals surface area (Å²) in [4.78, 5) is 1.39. The zero-order chi connectivity index (χ0) is 15.8. The molecule has 1 fully saturated rings. The highest BCUT2D eigenvalue weighted by Crippen LogP contribution is 2.24. The lowest BCUT2D eigenvalue weighted by Gasteiger charge is -2.20. The fraction of sp³-hybridized carbons (Fsp3) is 0.500. The second kappa shape index (κ2) is 5.64. The van der Waals surface area contributed by atoms with E-state index in [9.17, 15) is 20.7 Å². The molecule has 1 aromatic carbocycles. The van der Waals surface area contributed by atoms with Gasteiger partial charge in [0.2, 0.25) is 10.0 Å². The minimum absolute atomic E-state index is 0.0330. The zero-order valence-electron chi connectivity index (χ0n) is 11.7. The first-order valence-corrected chi connectivity index (χ1v) is 9.16. The highest BCUT2D eigenvalue weighted by Gasteiger charge is 2.33. The number of hydrogen-bond acceptors (Lipinski definition) is 5. The van der Waals surface area contributed by atoms with Crippen LogP contribution in [0.4, 0.5) is 3.89 Å². The van der Waals surface area contributed by atoms with Gasteiger partial charge in [-0.3, -0.25) is 0 Å². The van der Waals surface area contributed by atoms with E-state index in [0.29, 0.717) is 13.1 Å². The molecule has 1 saturated heterocycles. The molecule has 0 aliphatic carbocycles. The van der Waals surface area contributed by atoms with Crippen molar-refractivity contribution in [2.75, 3.05) is 27.2 Å². The van der Waals surface area contributed by atoms with Crippen molar-refractivity contribution in [2.45, 2.75) is 22.3 Å². The molecule has 1 heterocycles. The SMILES string of the molecule is CN(C)C1CCN(S(=O)(=O)c2ccc(S(=O)(=O)F)cc2)C1. The lowest BCUT2D eigenvalue weighted by atomic mass is 10.2. The third kappa shape index (κ3) is 3.42. The predicted octanol–water partition coefficient (Wildman–Crippen LogP) is 0.669. The van der Waals surface area contributed by atoms with Gasteiger partial charge in [0.15, 0.2) is 0 Å². The first kappa shape index (κ1) is 16.3. The van der Waals surface area contributed by atoms with Crippen molar-refractivity contribution in [1.82, 2.24) is 9.21 Å². The van der Waals surface area contributed by atoms with Crippen LogP contribution in [0.25, 0.3) is 0 Å². The fourth-order valence-electron chi connectivity index (χ4n) is 2.27. The van der Waals surface area contributed by atoms with Crippen LogP contribution in [-0.4, -0.2) is 59.3 Å². The lowest BCUT2D eigenvalue weighted by molar-refractivity contribution is 0.302. The molecule has 0 radical (unpaired) electrons. The number of likely N-dealkylation sites (N-methyl/N-ethyl adjacent to an activating group) is 1. The van der Waals surface area contributed by atoms with Crippen LogP contribution in [0.15, 0.2) is 34.1 Å². The van der Waals surface area contributed by atoms with Crippen molar-refractivity contribution < 1.29 is 20.7 Å². The summed E-state index contributed by atoms with van der Waals surface area (Å²) in [5, 5.41) is 0. The number of nitrogens with zero attached hydrogens (tertiary/aromatic N) is 2. The van der Waals surface area contributed by atoms with E-state index in [0.717, 1.165) is 30.7 Å². The molecule has 0 amide bonds. The van der Waals surface area contributed by atoms with Crippen LogP contribution in [0.2, 0.25) is 0 Å². The highest BCUT2D eigenvalue weighted by molar-refractivity contribution is 7.89. The molecule has 0 N–H and O–H groups in total. The van der Waals surface area contributed by atoms with E-state index in [4.69, 9.17) is 0 Å². The molecular formula is C12H17FN2O4S2. The van der Waals surface area contributed by atoms with Crippen LogP contribution in [0.1, 0.15) is 6.42 Å². The summed E-state index contributed by atoms with van der Waals surface area (Å²) in [6, 6.07) is 4.31. The molecule has 0 aromatic heterocycles. The summed E-state index contributed by atoms with van der Waals surface area (Å²) in [7, 11) is -4.72. The molecular weight excluding hydrogens is 319 g/mol. The molecule has 1 aliphatic rings. The van der Waals surface area contributed by atoms with E-state index in [1.54, 1.807) is 0 Å². The number of benzene rings is 1. The molecule has 1 unspecified atom stereocenters. The van der Waals surface area contributed by atoms with Crippen molar-refractivity contribution in [3.8, 4) is 0 Å². The van der Waals surface area contributed by atoms with Gasteiger partial charge in [-0.1, -0.05) is 0 Å². The van der Waals surface area contributed by atoms with Crippen LogP contribution in [0, 0.1) is 0 Å².